The quantitative estimate of drug-likeness (QED) is 0.902. The number of likely N-dealkylation sites (N-methyl/N-ethyl adjacent to an activating group) is 1. The summed E-state index contributed by atoms with van der Waals surface area (Å²) in [6, 6.07) is 9.09. The molecule has 1 aliphatic heterocycles. The van der Waals surface area contributed by atoms with Crippen LogP contribution in [0.5, 0.6) is 5.75 Å². The number of hydrogen-bond donors (Lipinski definition) is 1. The molecule has 116 valence electrons. The maximum absolute atomic E-state index is 6.18. The zero-order valence-corrected chi connectivity index (χ0v) is 13.2. The van der Waals surface area contributed by atoms with Gasteiger partial charge in [0, 0.05) is 18.9 Å². The van der Waals surface area contributed by atoms with E-state index in [0.717, 1.165) is 31.6 Å². The first-order valence-electron chi connectivity index (χ1n) is 8.26. The van der Waals surface area contributed by atoms with Crippen LogP contribution in [0.1, 0.15) is 44.6 Å². The Balaban J connectivity index is 1.55. The predicted molar refractivity (Wildman–Crippen MR) is 84.9 cm³/mol. The molecule has 21 heavy (non-hydrogen) atoms. The average Bonchev–Trinajstić information content (AvgIpc) is 2.48. The van der Waals surface area contributed by atoms with Gasteiger partial charge in [0.25, 0.3) is 0 Å². The van der Waals surface area contributed by atoms with E-state index in [0.29, 0.717) is 12.1 Å². The Kier molecular flexibility index (Phi) is 4.51. The van der Waals surface area contributed by atoms with E-state index in [4.69, 9.17) is 9.47 Å². The molecule has 1 heterocycles. The van der Waals surface area contributed by atoms with Crippen molar-refractivity contribution in [2.45, 2.75) is 63.2 Å². The van der Waals surface area contributed by atoms with Gasteiger partial charge in [-0.3, -0.25) is 0 Å². The van der Waals surface area contributed by atoms with Crippen molar-refractivity contribution in [3.63, 3.8) is 0 Å². The van der Waals surface area contributed by atoms with Crippen molar-refractivity contribution in [1.29, 1.82) is 0 Å². The van der Waals surface area contributed by atoms with Gasteiger partial charge in [-0.1, -0.05) is 12.1 Å². The molecule has 0 aromatic heterocycles. The minimum atomic E-state index is 0.158. The smallest absolute Gasteiger partial charge is 0.119 e. The second-order valence-corrected chi connectivity index (χ2v) is 6.66. The monoisotopic (exact) mass is 289 g/mol. The predicted octanol–water partition coefficient (Wildman–Crippen LogP) is 3.32. The molecule has 1 saturated heterocycles. The third-order valence-corrected chi connectivity index (χ3v) is 4.97. The van der Waals surface area contributed by atoms with Crippen LogP contribution < -0.4 is 10.1 Å². The van der Waals surface area contributed by atoms with Crippen LogP contribution in [0.25, 0.3) is 0 Å². The van der Waals surface area contributed by atoms with Crippen molar-refractivity contribution >= 4 is 0 Å². The van der Waals surface area contributed by atoms with E-state index < -0.39 is 0 Å². The summed E-state index contributed by atoms with van der Waals surface area (Å²) in [5.41, 5.74) is 1.51. The number of nitrogens with one attached hydrogen (secondary N) is 1. The first-order valence-corrected chi connectivity index (χ1v) is 8.26. The highest BCUT2D eigenvalue weighted by atomic mass is 16.5. The van der Waals surface area contributed by atoms with Crippen molar-refractivity contribution in [2.75, 3.05) is 13.7 Å². The molecule has 1 N–H and O–H groups in total. The minimum absolute atomic E-state index is 0.158. The second-order valence-electron chi connectivity index (χ2n) is 6.66. The number of benzene rings is 1. The second kappa shape index (κ2) is 6.37. The molecule has 3 nitrogen and oxygen atoms in total. The highest BCUT2D eigenvalue weighted by Gasteiger charge is 2.43. The molecule has 1 aromatic rings. The van der Waals surface area contributed by atoms with Crippen LogP contribution in [0.4, 0.5) is 0 Å². The van der Waals surface area contributed by atoms with Gasteiger partial charge in [-0.25, -0.2) is 0 Å². The summed E-state index contributed by atoms with van der Waals surface area (Å²) in [6.07, 6.45) is 7.19. The summed E-state index contributed by atoms with van der Waals surface area (Å²) in [5.74, 6) is 0.997. The Hall–Kier alpha value is -1.06. The molecule has 2 unspecified atom stereocenters. The van der Waals surface area contributed by atoms with Gasteiger partial charge in [-0.05, 0) is 57.4 Å². The molecule has 3 rings (SSSR count). The molecule has 3 heteroatoms. The normalized spacial score (nSPS) is 25.3. The zero-order valence-electron chi connectivity index (χ0n) is 13.2. The third kappa shape index (κ3) is 3.58. The van der Waals surface area contributed by atoms with Gasteiger partial charge in [0.1, 0.15) is 11.9 Å². The van der Waals surface area contributed by atoms with Gasteiger partial charge >= 0.3 is 0 Å². The largest absolute Gasteiger partial charge is 0.490 e. The first kappa shape index (κ1) is 14.9. The van der Waals surface area contributed by atoms with Gasteiger partial charge in [0.05, 0.1) is 12.2 Å². The van der Waals surface area contributed by atoms with Crippen molar-refractivity contribution in [1.82, 2.24) is 5.32 Å². The summed E-state index contributed by atoms with van der Waals surface area (Å²) in [6.45, 7) is 3.05. The van der Waals surface area contributed by atoms with Crippen molar-refractivity contribution < 1.29 is 9.47 Å². The lowest BCUT2D eigenvalue weighted by molar-refractivity contribution is -0.153. The highest BCUT2D eigenvalue weighted by Crippen LogP contribution is 2.43. The lowest BCUT2D eigenvalue weighted by atomic mass is 9.74. The lowest BCUT2D eigenvalue weighted by Crippen LogP contribution is -2.48. The standard InChI is InChI=1S/C18H27NO2/c1-14(19-2)12-15-4-6-16(7-5-15)21-17-8-11-20-18(13-17)9-3-10-18/h4-7,14,17,19H,3,8-13H2,1-2H3. The van der Waals surface area contributed by atoms with Crippen molar-refractivity contribution in [3.8, 4) is 5.75 Å². The lowest BCUT2D eigenvalue weighted by Gasteiger charge is -2.46. The van der Waals surface area contributed by atoms with E-state index in [2.05, 4.69) is 36.5 Å². The Morgan fingerprint density at radius 1 is 1.33 bits per heavy atom. The zero-order chi connectivity index (χ0) is 14.7. The maximum atomic E-state index is 6.18. The average molecular weight is 289 g/mol. The van der Waals surface area contributed by atoms with E-state index in [1.54, 1.807) is 0 Å². The van der Waals surface area contributed by atoms with Crippen LogP contribution >= 0.6 is 0 Å². The van der Waals surface area contributed by atoms with Crippen LogP contribution in [0.15, 0.2) is 24.3 Å². The van der Waals surface area contributed by atoms with Crippen molar-refractivity contribution in [2.24, 2.45) is 0 Å². The number of ether oxygens (including phenoxy) is 2. The van der Waals surface area contributed by atoms with E-state index >= 15 is 0 Å². The first-order chi connectivity index (χ1) is 10.2. The van der Waals surface area contributed by atoms with Crippen molar-refractivity contribution in [3.05, 3.63) is 29.8 Å². The molecular weight excluding hydrogens is 262 g/mol. The van der Waals surface area contributed by atoms with Gasteiger partial charge in [-0.2, -0.15) is 0 Å². The van der Waals surface area contributed by atoms with Crippen LogP contribution in [-0.4, -0.2) is 31.4 Å². The highest BCUT2D eigenvalue weighted by molar-refractivity contribution is 5.28. The van der Waals surface area contributed by atoms with Crippen LogP contribution in [0, 0.1) is 0 Å². The minimum Gasteiger partial charge on any atom is -0.490 e. The summed E-state index contributed by atoms with van der Waals surface area (Å²) in [5, 5.41) is 3.27. The molecule has 1 saturated carbocycles. The Morgan fingerprint density at radius 2 is 2.10 bits per heavy atom. The van der Waals surface area contributed by atoms with Gasteiger partial charge < -0.3 is 14.8 Å². The van der Waals surface area contributed by atoms with Gasteiger partial charge in [0.2, 0.25) is 0 Å². The maximum Gasteiger partial charge on any atom is 0.119 e. The summed E-state index contributed by atoms with van der Waals surface area (Å²) in [7, 11) is 2.00. The Bertz CT molecular complexity index is 453. The molecule has 1 aromatic carbocycles. The number of hydrogen-bond acceptors (Lipinski definition) is 3. The third-order valence-electron chi connectivity index (χ3n) is 4.97. The summed E-state index contributed by atoms with van der Waals surface area (Å²) < 4.78 is 12.1. The van der Waals surface area contributed by atoms with Gasteiger partial charge in [0.15, 0.2) is 0 Å². The summed E-state index contributed by atoms with van der Waals surface area (Å²) in [4.78, 5) is 0. The molecule has 1 spiro atoms. The van der Waals surface area contributed by atoms with E-state index in [1.807, 2.05) is 7.05 Å². The fourth-order valence-electron chi connectivity index (χ4n) is 3.36. The molecule has 0 radical (unpaired) electrons. The Labute approximate surface area is 128 Å². The molecule has 2 fully saturated rings. The van der Waals surface area contributed by atoms with Crippen LogP contribution in [0.3, 0.4) is 0 Å². The molecule has 2 aliphatic rings. The van der Waals surface area contributed by atoms with E-state index in [1.165, 1.54) is 24.8 Å². The molecule has 2 atom stereocenters. The van der Waals surface area contributed by atoms with Crippen LogP contribution in [-0.2, 0) is 11.2 Å². The number of rotatable bonds is 5. The van der Waals surface area contributed by atoms with Gasteiger partial charge in [-0.15, -0.1) is 0 Å². The topological polar surface area (TPSA) is 30.5 Å². The molecule has 0 bridgehead atoms. The molecule has 1 aliphatic carbocycles. The Morgan fingerprint density at radius 3 is 2.71 bits per heavy atom. The fourth-order valence-corrected chi connectivity index (χ4v) is 3.36. The fraction of sp³-hybridized carbons (Fsp3) is 0.667. The van der Waals surface area contributed by atoms with E-state index in [-0.39, 0.29) is 5.60 Å². The SMILES string of the molecule is CNC(C)Cc1ccc(OC2CCOC3(CCC3)C2)cc1. The summed E-state index contributed by atoms with van der Waals surface area (Å²) >= 11 is 0. The molecular formula is C18H27NO2. The van der Waals surface area contributed by atoms with E-state index in [9.17, 15) is 0 Å². The van der Waals surface area contributed by atoms with Crippen LogP contribution in [0.2, 0.25) is 0 Å². The molecule has 0 amide bonds.